The highest BCUT2D eigenvalue weighted by atomic mass is 32.3. The minimum absolute atomic E-state index is 0.508. The van der Waals surface area contributed by atoms with Crippen molar-refractivity contribution in [2.75, 3.05) is 5.08 Å². The van der Waals surface area contributed by atoms with Gasteiger partial charge in [0.15, 0.2) is 0 Å². The van der Waals surface area contributed by atoms with E-state index in [9.17, 15) is 16.8 Å². The van der Waals surface area contributed by atoms with Gasteiger partial charge in [-0.15, -0.1) is 0 Å². The van der Waals surface area contributed by atoms with Crippen molar-refractivity contribution in [2.45, 2.75) is 52.1 Å². The third kappa shape index (κ3) is 9.51. The number of hydrogen-bond donors (Lipinski definition) is 1. The van der Waals surface area contributed by atoms with Gasteiger partial charge in [-0.25, -0.2) is 0 Å². The van der Waals surface area contributed by atoms with Crippen molar-refractivity contribution in [3.8, 4) is 0 Å². The van der Waals surface area contributed by atoms with Crippen molar-refractivity contribution < 1.29 is 25.6 Å². The Morgan fingerprint density at radius 2 is 1.65 bits per heavy atom. The maximum Gasteiger partial charge on any atom is 0.284 e. The molecule has 0 saturated carbocycles. The summed E-state index contributed by atoms with van der Waals surface area (Å²) in [5, 5.41) is -1.38. The first kappa shape index (κ1) is 16.8. The Balaban J connectivity index is 4.52. The third-order valence-electron chi connectivity index (χ3n) is 2.07. The van der Waals surface area contributed by atoms with Crippen LogP contribution < -0.4 is 0 Å². The Bertz CT molecular complexity index is 397. The van der Waals surface area contributed by atoms with Gasteiger partial charge in [0.2, 0.25) is 5.08 Å². The fourth-order valence-electron chi connectivity index (χ4n) is 1.41. The first-order chi connectivity index (χ1) is 7.70. The highest BCUT2D eigenvalue weighted by Gasteiger charge is 2.24. The largest absolute Gasteiger partial charge is 0.285 e. The highest BCUT2D eigenvalue weighted by molar-refractivity contribution is 8.03. The van der Waals surface area contributed by atoms with Gasteiger partial charge in [-0.3, -0.25) is 8.74 Å². The molecule has 0 aliphatic rings. The van der Waals surface area contributed by atoms with Gasteiger partial charge in [0.1, 0.15) is 0 Å². The number of rotatable bonds is 9. The number of unbranched alkanes of at least 4 members (excludes halogenated alkanes) is 1. The van der Waals surface area contributed by atoms with E-state index in [1.807, 2.05) is 13.8 Å². The first-order valence-electron chi connectivity index (χ1n) is 5.56. The molecule has 0 aliphatic carbocycles. The van der Waals surface area contributed by atoms with E-state index < -0.39 is 31.4 Å². The molecule has 0 aliphatic heterocycles. The summed E-state index contributed by atoms with van der Waals surface area (Å²) in [4.78, 5) is 0. The second-order valence-corrected chi connectivity index (χ2v) is 7.32. The molecule has 1 N–H and O–H groups in total. The zero-order valence-corrected chi connectivity index (χ0v) is 11.8. The average Bonchev–Trinajstić information content (AvgIpc) is 2.09. The summed E-state index contributed by atoms with van der Waals surface area (Å²) in [7, 11) is -8.80. The molecule has 0 aromatic rings. The van der Waals surface area contributed by atoms with Crippen LogP contribution >= 0.6 is 0 Å². The van der Waals surface area contributed by atoms with Gasteiger partial charge < -0.3 is 0 Å². The minimum atomic E-state index is -4.58. The van der Waals surface area contributed by atoms with Crippen LogP contribution in [-0.2, 0) is 24.4 Å². The standard InChI is InChI=1S/C9H20O6S2/c1-3-5-7-9(6-4-2)15-17(13,14)8-16(10,11)12/h9H,3-8H2,1-2H3,(H,10,11,12). The van der Waals surface area contributed by atoms with Gasteiger partial charge in [0.25, 0.3) is 20.2 Å². The Hall–Kier alpha value is -0.180. The van der Waals surface area contributed by atoms with Gasteiger partial charge in [0.05, 0.1) is 6.10 Å². The van der Waals surface area contributed by atoms with E-state index in [0.717, 1.165) is 19.3 Å². The molecule has 1 atom stereocenters. The van der Waals surface area contributed by atoms with Gasteiger partial charge in [-0.2, -0.15) is 16.8 Å². The van der Waals surface area contributed by atoms with Crippen LogP contribution in [0.2, 0.25) is 0 Å². The average molecular weight is 288 g/mol. The van der Waals surface area contributed by atoms with Crippen molar-refractivity contribution in [1.29, 1.82) is 0 Å². The molecule has 6 nitrogen and oxygen atoms in total. The van der Waals surface area contributed by atoms with Crippen LogP contribution in [-0.4, -0.2) is 32.6 Å². The molecule has 0 heterocycles. The molecular formula is C9H20O6S2. The summed E-state index contributed by atoms with van der Waals surface area (Å²) in [5.74, 6) is 0. The summed E-state index contributed by atoms with van der Waals surface area (Å²) in [6.07, 6.45) is 3.07. The van der Waals surface area contributed by atoms with Crippen LogP contribution in [0.25, 0.3) is 0 Å². The monoisotopic (exact) mass is 288 g/mol. The Morgan fingerprint density at radius 3 is 2.06 bits per heavy atom. The van der Waals surface area contributed by atoms with Crippen LogP contribution in [0.1, 0.15) is 46.0 Å². The maximum absolute atomic E-state index is 11.3. The highest BCUT2D eigenvalue weighted by Crippen LogP contribution is 2.14. The van der Waals surface area contributed by atoms with E-state index in [1.165, 1.54) is 0 Å². The van der Waals surface area contributed by atoms with Crippen molar-refractivity contribution in [3.05, 3.63) is 0 Å². The van der Waals surface area contributed by atoms with E-state index in [-0.39, 0.29) is 0 Å². The lowest BCUT2D eigenvalue weighted by molar-refractivity contribution is 0.185. The molecule has 0 amide bonds. The molecule has 104 valence electrons. The SMILES string of the molecule is CCCCC(CCC)OS(=O)(=O)CS(=O)(=O)O. The molecule has 0 bridgehead atoms. The van der Waals surface area contributed by atoms with Gasteiger partial charge >= 0.3 is 0 Å². The fraction of sp³-hybridized carbons (Fsp3) is 1.00. The third-order valence-corrected chi connectivity index (χ3v) is 4.98. The maximum atomic E-state index is 11.3. The summed E-state index contributed by atoms with van der Waals surface area (Å²) in [6, 6.07) is 0. The molecular weight excluding hydrogens is 268 g/mol. The molecule has 0 spiro atoms. The van der Waals surface area contributed by atoms with Gasteiger partial charge in [-0.1, -0.05) is 33.1 Å². The lowest BCUT2D eigenvalue weighted by Gasteiger charge is -2.15. The van der Waals surface area contributed by atoms with Crippen molar-refractivity contribution in [3.63, 3.8) is 0 Å². The molecule has 0 rings (SSSR count). The molecule has 0 aromatic heterocycles. The summed E-state index contributed by atoms with van der Waals surface area (Å²) < 4.78 is 56.9. The van der Waals surface area contributed by atoms with Crippen molar-refractivity contribution in [1.82, 2.24) is 0 Å². The van der Waals surface area contributed by atoms with Crippen LogP contribution in [0.5, 0.6) is 0 Å². The molecule has 17 heavy (non-hydrogen) atoms. The first-order valence-corrected chi connectivity index (χ1v) is 8.75. The minimum Gasteiger partial charge on any atom is -0.285 e. The second-order valence-electron chi connectivity index (χ2n) is 3.91. The molecule has 0 fully saturated rings. The molecule has 0 saturated heterocycles. The van der Waals surface area contributed by atoms with E-state index >= 15 is 0 Å². The lowest BCUT2D eigenvalue weighted by atomic mass is 10.1. The Labute approximate surface area is 103 Å². The predicted octanol–water partition coefficient (Wildman–Crippen LogP) is 1.54. The Morgan fingerprint density at radius 1 is 1.06 bits per heavy atom. The fourth-order valence-corrected chi connectivity index (χ4v) is 3.70. The molecule has 1 unspecified atom stereocenters. The van der Waals surface area contributed by atoms with E-state index in [1.54, 1.807) is 0 Å². The van der Waals surface area contributed by atoms with Gasteiger partial charge in [-0.05, 0) is 12.8 Å². The van der Waals surface area contributed by atoms with Crippen LogP contribution in [0.3, 0.4) is 0 Å². The normalized spacial score (nSPS) is 14.8. The van der Waals surface area contributed by atoms with Crippen LogP contribution in [0.4, 0.5) is 0 Å². The second kappa shape index (κ2) is 7.30. The summed E-state index contributed by atoms with van der Waals surface area (Å²) >= 11 is 0. The van der Waals surface area contributed by atoms with Crippen molar-refractivity contribution in [2.24, 2.45) is 0 Å². The molecule has 8 heteroatoms. The predicted molar refractivity (Wildman–Crippen MR) is 64.6 cm³/mol. The number of hydrogen-bond acceptors (Lipinski definition) is 5. The van der Waals surface area contributed by atoms with Crippen LogP contribution in [0.15, 0.2) is 0 Å². The topological polar surface area (TPSA) is 97.7 Å². The zero-order chi connectivity index (χ0) is 13.5. The summed E-state index contributed by atoms with van der Waals surface area (Å²) in [5.41, 5.74) is 0. The zero-order valence-electron chi connectivity index (χ0n) is 10.1. The summed E-state index contributed by atoms with van der Waals surface area (Å²) in [6.45, 7) is 3.85. The van der Waals surface area contributed by atoms with E-state index in [0.29, 0.717) is 12.8 Å². The smallest absolute Gasteiger partial charge is 0.284 e. The van der Waals surface area contributed by atoms with Crippen LogP contribution in [0, 0.1) is 0 Å². The van der Waals surface area contributed by atoms with Gasteiger partial charge in [0, 0.05) is 0 Å². The van der Waals surface area contributed by atoms with Crippen molar-refractivity contribution >= 4 is 20.2 Å². The lowest BCUT2D eigenvalue weighted by Crippen LogP contribution is -2.24. The molecule has 0 aromatic carbocycles. The molecule has 0 radical (unpaired) electrons. The Kier molecular flexibility index (Phi) is 7.22. The van der Waals surface area contributed by atoms with E-state index in [4.69, 9.17) is 8.74 Å². The van der Waals surface area contributed by atoms with E-state index in [2.05, 4.69) is 0 Å². The quantitative estimate of drug-likeness (QED) is 0.510.